The third-order valence-corrected chi connectivity index (χ3v) is 3.53. The fraction of sp³-hybridized carbons (Fsp3) is 0.533. The van der Waals surface area contributed by atoms with Crippen molar-refractivity contribution in [3.8, 4) is 0 Å². The number of carbonyl (C=O) groups excluding carboxylic acids is 1. The first-order chi connectivity index (χ1) is 8.09. The molecular formula is C15H21NO. The molecule has 2 heteroatoms. The molecule has 1 aliphatic rings. The molecule has 0 fully saturated rings. The van der Waals surface area contributed by atoms with E-state index in [2.05, 4.69) is 32.0 Å². The van der Waals surface area contributed by atoms with Gasteiger partial charge in [-0.15, -0.1) is 0 Å². The van der Waals surface area contributed by atoms with Crippen LogP contribution in [-0.4, -0.2) is 24.4 Å². The lowest BCUT2D eigenvalue weighted by Crippen LogP contribution is -2.31. The highest BCUT2D eigenvalue weighted by molar-refractivity contribution is 5.84. The van der Waals surface area contributed by atoms with Gasteiger partial charge in [-0.05, 0) is 29.9 Å². The van der Waals surface area contributed by atoms with Crippen LogP contribution in [0, 0.1) is 5.92 Å². The van der Waals surface area contributed by atoms with Crippen LogP contribution in [0.1, 0.15) is 37.3 Å². The fourth-order valence-corrected chi connectivity index (χ4v) is 2.60. The number of rotatable bonds is 2. The van der Waals surface area contributed by atoms with Crippen LogP contribution in [-0.2, 0) is 11.2 Å². The summed E-state index contributed by atoms with van der Waals surface area (Å²) in [6.07, 6.45) is 1.92. The Labute approximate surface area is 104 Å². The number of likely N-dealkylation sites (N-methyl/N-ethyl adjacent to an activating group) is 1. The average molecular weight is 231 g/mol. The average Bonchev–Trinajstić information content (AvgIpc) is 2.42. The monoisotopic (exact) mass is 231 g/mol. The number of hydrogen-bond acceptors (Lipinski definition) is 1. The maximum absolute atomic E-state index is 12.4. The first kappa shape index (κ1) is 12.2. The maximum atomic E-state index is 12.4. The summed E-state index contributed by atoms with van der Waals surface area (Å²) in [5, 5.41) is 0. The van der Waals surface area contributed by atoms with E-state index in [0.717, 1.165) is 19.4 Å². The van der Waals surface area contributed by atoms with E-state index < -0.39 is 0 Å². The molecule has 0 spiro atoms. The Morgan fingerprint density at radius 1 is 1.35 bits per heavy atom. The Morgan fingerprint density at radius 2 is 2.06 bits per heavy atom. The van der Waals surface area contributed by atoms with Gasteiger partial charge in [-0.2, -0.15) is 0 Å². The summed E-state index contributed by atoms with van der Waals surface area (Å²) in [5.74, 6) is 0.880. The second-order valence-corrected chi connectivity index (χ2v) is 5.39. The third kappa shape index (κ3) is 2.51. The van der Waals surface area contributed by atoms with Crippen molar-refractivity contribution in [1.29, 1.82) is 0 Å². The number of amides is 1. The topological polar surface area (TPSA) is 20.3 Å². The maximum Gasteiger partial charge on any atom is 0.229 e. The van der Waals surface area contributed by atoms with Gasteiger partial charge in [0.05, 0.1) is 5.92 Å². The summed E-state index contributed by atoms with van der Waals surface area (Å²) in [7, 11) is 1.92. The van der Waals surface area contributed by atoms with E-state index in [4.69, 9.17) is 0 Å². The minimum Gasteiger partial charge on any atom is -0.345 e. The van der Waals surface area contributed by atoms with E-state index in [-0.39, 0.29) is 11.8 Å². The summed E-state index contributed by atoms with van der Waals surface area (Å²) in [5.41, 5.74) is 2.59. The van der Waals surface area contributed by atoms with E-state index in [1.165, 1.54) is 11.1 Å². The third-order valence-electron chi connectivity index (χ3n) is 3.53. The van der Waals surface area contributed by atoms with Crippen molar-refractivity contribution >= 4 is 5.91 Å². The lowest BCUT2D eigenvalue weighted by atomic mass is 9.87. The lowest BCUT2D eigenvalue weighted by molar-refractivity contribution is -0.131. The van der Waals surface area contributed by atoms with Crippen molar-refractivity contribution < 1.29 is 4.79 Å². The fourth-order valence-electron chi connectivity index (χ4n) is 2.60. The predicted octanol–water partition coefficient (Wildman–Crippen LogP) is 2.83. The molecule has 0 radical (unpaired) electrons. The molecule has 0 N–H and O–H groups in total. The highest BCUT2D eigenvalue weighted by Gasteiger charge is 2.29. The summed E-state index contributed by atoms with van der Waals surface area (Å²) in [6, 6.07) is 8.40. The van der Waals surface area contributed by atoms with Crippen molar-refractivity contribution in [3.63, 3.8) is 0 Å². The summed E-state index contributed by atoms with van der Waals surface area (Å²) >= 11 is 0. The van der Waals surface area contributed by atoms with E-state index in [1.54, 1.807) is 0 Å². The summed E-state index contributed by atoms with van der Waals surface area (Å²) in [6.45, 7) is 5.20. The molecule has 0 bridgehead atoms. The smallest absolute Gasteiger partial charge is 0.229 e. The van der Waals surface area contributed by atoms with Gasteiger partial charge < -0.3 is 4.90 Å². The molecule has 1 aromatic rings. The van der Waals surface area contributed by atoms with Crippen LogP contribution in [0.25, 0.3) is 0 Å². The Kier molecular flexibility index (Phi) is 3.51. The molecule has 1 heterocycles. The van der Waals surface area contributed by atoms with Gasteiger partial charge >= 0.3 is 0 Å². The van der Waals surface area contributed by atoms with E-state index in [0.29, 0.717) is 5.92 Å². The van der Waals surface area contributed by atoms with Crippen LogP contribution < -0.4 is 0 Å². The van der Waals surface area contributed by atoms with E-state index in [9.17, 15) is 4.79 Å². The molecule has 17 heavy (non-hydrogen) atoms. The normalized spacial score (nSPS) is 20.4. The van der Waals surface area contributed by atoms with Crippen molar-refractivity contribution in [3.05, 3.63) is 35.4 Å². The van der Waals surface area contributed by atoms with Gasteiger partial charge in [0, 0.05) is 13.6 Å². The molecule has 0 saturated heterocycles. The van der Waals surface area contributed by atoms with Crippen LogP contribution in [0.4, 0.5) is 0 Å². The quantitative estimate of drug-likeness (QED) is 0.766. The molecular weight excluding hydrogens is 210 g/mol. The molecule has 0 saturated carbocycles. The van der Waals surface area contributed by atoms with Gasteiger partial charge in [0.15, 0.2) is 0 Å². The number of fused-ring (bicyclic) bond motifs is 1. The first-order valence-corrected chi connectivity index (χ1v) is 6.42. The van der Waals surface area contributed by atoms with Crippen LogP contribution >= 0.6 is 0 Å². The molecule has 0 aromatic heterocycles. The number of benzene rings is 1. The van der Waals surface area contributed by atoms with Gasteiger partial charge in [-0.1, -0.05) is 38.1 Å². The van der Waals surface area contributed by atoms with Crippen LogP contribution in [0.15, 0.2) is 24.3 Å². The first-order valence-electron chi connectivity index (χ1n) is 6.42. The molecule has 0 unspecified atom stereocenters. The number of carbonyl (C=O) groups is 1. The van der Waals surface area contributed by atoms with Crippen LogP contribution in [0.2, 0.25) is 0 Å². The second kappa shape index (κ2) is 4.91. The molecule has 1 aliphatic heterocycles. The van der Waals surface area contributed by atoms with Crippen molar-refractivity contribution in [2.75, 3.05) is 13.6 Å². The highest BCUT2D eigenvalue weighted by atomic mass is 16.2. The number of hydrogen-bond donors (Lipinski definition) is 0. The van der Waals surface area contributed by atoms with E-state index in [1.807, 2.05) is 18.0 Å². The molecule has 2 rings (SSSR count). The van der Waals surface area contributed by atoms with Gasteiger partial charge in [-0.3, -0.25) is 4.79 Å². The Hall–Kier alpha value is -1.31. The van der Waals surface area contributed by atoms with Crippen LogP contribution in [0.5, 0.6) is 0 Å². The SMILES string of the molecule is CC(C)C[C@H]1C(=O)N(C)CCc2ccccc21. The number of nitrogens with zero attached hydrogens (tertiary/aromatic N) is 1. The van der Waals surface area contributed by atoms with Crippen molar-refractivity contribution in [2.24, 2.45) is 5.92 Å². The molecule has 0 aliphatic carbocycles. The Morgan fingerprint density at radius 3 is 2.76 bits per heavy atom. The summed E-state index contributed by atoms with van der Waals surface area (Å²) in [4.78, 5) is 14.3. The van der Waals surface area contributed by atoms with Gasteiger partial charge in [-0.25, -0.2) is 0 Å². The van der Waals surface area contributed by atoms with Crippen molar-refractivity contribution in [2.45, 2.75) is 32.6 Å². The zero-order valence-electron chi connectivity index (χ0n) is 10.9. The zero-order valence-corrected chi connectivity index (χ0v) is 10.9. The molecule has 2 nitrogen and oxygen atoms in total. The molecule has 92 valence electrons. The summed E-state index contributed by atoms with van der Waals surface area (Å²) < 4.78 is 0. The predicted molar refractivity (Wildman–Crippen MR) is 70.0 cm³/mol. The van der Waals surface area contributed by atoms with Gasteiger partial charge in [0.1, 0.15) is 0 Å². The second-order valence-electron chi connectivity index (χ2n) is 5.39. The van der Waals surface area contributed by atoms with Crippen LogP contribution in [0.3, 0.4) is 0 Å². The van der Waals surface area contributed by atoms with E-state index >= 15 is 0 Å². The Balaban J connectivity index is 2.39. The lowest BCUT2D eigenvalue weighted by Gasteiger charge is -2.22. The van der Waals surface area contributed by atoms with Gasteiger partial charge in [0.2, 0.25) is 5.91 Å². The molecule has 1 aromatic carbocycles. The minimum atomic E-state index is 0.0544. The van der Waals surface area contributed by atoms with Gasteiger partial charge in [0.25, 0.3) is 0 Å². The molecule has 1 atom stereocenters. The van der Waals surface area contributed by atoms with Crippen molar-refractivity contribution in [1.82, 2.24) is 4.90 Å². The Bertz CT molecular complexity index is 411. The largest absolute Gasteiger partial charge is 0.345 e. The standard InChI is InChI=1S/C15H21NO/c1-11(2)10-14-13-7-5-4-6-12(13)8-9-16(3)15(14)17/h4-7,11,14H,8-10H2,1-3H3/t14-/m1/s1. The molecule has 1 amide bonds. The minimum absolute atomic E-state index is 0.0544. The highest BCUT2D eigenvalue weighted by Crippen LogP contribution is 2.31. The zero-order chi connectivity index (χ0) is 12.4.